The molecule has 0 spiro atoms. The van der Waals surface area contributed by atoms with E-state index in [1.807, 2.05) is 0 Å². The minimum atomic E-state index is -0.974. The summed E-state index contributed by atoms with van der Waals surface area (Å²) in [7, 11) is 1.64. The molecule has 10 heteroatoms. The molecule has 3 N–H and O–H groups in total. The molecule has 33 heavy (non-hydrogen) atoms. The molecule has 2 heterocycles. The van der Waals surface area contributed by atoms with Crippen LogP contribution in [0.1, 0.15) is 26.3 Å². The van der Waals surface area contributed by atoms with Gasteiger partial charge in [0.2, 0.25) is 11.8 Å². The highest BCUT2D eigenvalue weighted by Gasteiger charge is 2.41. The van der Waals surface area contributed by atoms with Crippen molar-refractivity contribution < 1.29 is 18.8 Å². The van der Waals surface area contributed by atoms with Crippen molar-refractivity contribution in [2.45, 2.75) is 39.3 Å². The lowest BCUT2D eigenvalue weighted by Crippen LogP contribution is -2.50. The molecule has 0 saturated heterocycles. The zero-order chi connectivity index (χ0) is 24.3. The molecule has 0 radical (unpaired) electrons. The van der Waals surface area contributed by atoms with Gasteiger partial charge < -0.3 is 16.0 Å². The third-order valence-electron chi connectivity index (χ3n) is 5.32. The van der Waals surface area contributed by atoms with Gasteiger partial charge >= 0.3 is 0 Å². The molecule has 8 nitrogen and oxygen atoms in total. The number of fused-ring (bicyclic) bond motifs is 1. The number of carbonyl (C=O) groups excluding carboxylic acids is 3. The molecule has 1 aliphatic heterocycles. The van der Waals surface area contributed by atoms with Crippen LogP contribution in [0.3, 0.4) is 0 Å². The molecule has 0 saturated carbocycles. The molecule has 1 aromatic carbocycles. The van der Waals surface area contributed by atoms with Gasteiger partial charge in [0.05, 0.1) is 11.7 Å². The van der Waals surface area contributed by atoms with E-state index in [0.717, 1.165) is 0 Å². The number of hydrogen-bond acceptors (Lipinski definition) is 5. The Kier molecular flexibility index (Phi) is 7.60. The fourth-order valence-electron chi connectivity index (χ4n) is 3.38. The first-order chi connectivity index (χ1) is 15.6. The van der Waals surface area contributed by atoms with Crippen LogP contribution in [0.25, 0.3) is 0 Å². The van der Waals surface area contributed by atoms with Gasteiger partial charge in [-0.2, -0.15) is 0 Å². The lowest BCUT2D eigenvalue weighted by Gasteiger charge is -2.26. The van der Waals surface area contributed by atoms with E-state index in [9.17, 15) is 18.8 Å². The predicted molar refractivity (Wildman–Crippen MR) is 127 cm³/mol. The zero-order valence-electron chi connectivity index (χ0n) is 18.7. The summed E-state index contributed by atoms with van der Waals surface area (Å²) < 4.78 is 14.8. The predicted octanol–water partition coefficient (Wildman–Crippen LogP) is 2.90. The molecular formula is C23H25BrFN5O3. The average Bonchev–Trinajstić information content (AvgIpc) is 3.17. The van der Waals surface area contributed by atoms with Crippen molar-refractivity contribution in [1.29, 1.82) is 0 Å². The number of pyridine rings is 1. The van der Waals surface area contributed by atoms with Crippen LogP contribution in [0.5, 0.6) is 0 Å². The minimum Gasteiger partial charge on any atom is -0.322 e. The maximum atomic E-state index is 14.3. The van der Waals surface area contributed by atoms with Gasteiger partial charge in [-0.25, -0.2) is 9.37 Å². The number of hydrogen-bond donors (Lipinski definition) is 3. The van der Waals surface area contributed by atoms with Gasteiger partial charge in [0, 0.05) is 17.1 Å². The molecule has 1 aromatic heterocycles. The van der Waals surface area contributed by atoms with Crippen molar-refractivity contribution >= 4 is 45.2 Å². The lowest BCUT2D eigenvalue weighted by atomic mass is 10.1. The molecule has 2 atom stereocenters. The molecule has 0 bridgehead atoms. The quantitative estimate of drug-likeness (QED) is 0.511. The molecule has 0 fully saturated rings. The summed E-state index contributed by atoms with van der Waals surface area (Å²) in [4.78, 5) is 44.8. The Hall–Kier alpha value is -3.11. The summed E-state index contributed by atoms with van der Waals surface area (Å²) in [6.45, 7) is 5.05. The summed E-state index contributed by atoms with van der Waals surface area (Å²) in [6.07, 6.45) is 1.73. The van der Waals surface area contributed by atoms with Gasteiger partial charge in [0.25, 0.3) is 5.91 Å². The number of carbonyl (C=O) groups is 3. The van der Waals surface area contributed by atoms with E-state index in [-0.39, 0.29) is 23.7 Å². The number of halogens is 2. The van der Waals surface area contributed by atoms with Gasteiger partial charge in [0.1, 0.15) is 23.4 Å². The number of nitrogens with zero attached hydrogens (tertiary/aromatic N) is 2. The lowest BCUT2D eigenvalue weighted by molar-refractivity contribution is -0.124. The first-order valence-electron chi connectivity index (χ1n) is 10.3. The molecule has 2 aromatic rings. The van der Waals surface area contributed by atoms with Crippen LogP contribution in [0.15, 0.2) is 52.3 Å². The summed E-state index contributed by atoms with van der Waals surface area (Å²) in [6, 6.07) is 6.27. The van der Waals surface area contributed by atoms with Crippen LogP contribution in [-0.2, 0) is 20.8 Å². The summed E-state index contributed by atoms with van der Waals surface area (Å²) in [5.74, 6) is -1.80. The third-order valence-corrected chi connectivity index (χ3v) is 5.81. The van der Waals surface area contributed by atoms with E-state index in [2.05, 4.69) is 36.9 Å². The standard InChI is InChI=1S/C23H25BrFN5O3/c1-12(2)19(29-21(31)13(3)26-4)23(33)30-18(10-14-6-5-9-27-20(14)30)22(32)28-17-8-7-15(24)11-16(17)25/h5-9,11,13,18,26H,10H2,1-4H3,(H,28,32)(H,29,31)/t13-,18-/m0/s1. The number of likely N-dealkylation sites (N-methyl/N-ethyl adjacent to an activating group) is 1. The first-order valence-corrected chi connectivity index (χ1v) is 11.1. The highest BCUT2D eigenvalue weighted by Crippen LogP contribution is 2.32. The summed E-state index contributed by atoms with van der Waals surface area (Å²) >= 11 is 3.18. The Bertz CT molecular complexity index is 1130. The van der Waals surface area contributed by atoms with E-state index in [1.54, 1.807) is 46.0 Å². The van der Waals surface area contributed by atoms with Gasteiger partial charge in [-0.1, -0.05) is 22.0 Å². The highest BCUT2D eigenvalue weighted by atomic mass is 79.9. The third kappa shape index (κ3) is 5.28. The number of aromatic nitrogens is 1. The fourth-order valence-corrected chi connectivity index (χ4v) is 3.72. The van der Waals surface area contributed by atoms with E-state index in [1.165, 1.54) is 23.2 Å². The van der Waals surface area contributed by atoms with Crippen LogP contribution >= 0.6 is 15.9 Å². The minimum absolute atomic E-state index is 0.00176. The van der Waals surface area contributed by atoms with Gasteiger partial charge in [-0.15, -0.1) is 0 Å². The Morgan fingerprint density at radius 3 is 2.61 bits per heavy atom. The maximum Gasteiger partial charge on any atom is 0.276 e. The molecule has 174 valence electrons. The second kappa shape index (κ2) is 10.2. The van der Waals surface area contributed by atoms with Crippen LogP contribution < -0.4 is 20.9 Å². The Morgan fingerprint density at radius 2 is 1.97 bits per heavy atom. The molecule has 0 unspecified atom stereocenters. The average molecular weight is 518 g/mol. The van der Waals surface area contributed by atoms with Crippen molar-refractivity contribution in [2.75, 3.05) is 17.3 Å². The molecule has 0 aliphatic carbocycles. The smallest absolute Gasteiger partial charge is 0.276 e. The molecule has 3 amide bonds. The Morgan fingerprint density at radius 1 is 1.24 bits per heavy atom. The molecule has 1 aliphatic rings. The fraction of sp³-hybridized carbons (Fsp3) is 0.304. The molecule has 3 rings (SSSR count). The number of anilines is 2. The number of amides is 3. The maximum absolute atomic E-state index is 14.3. The van der Waals surface area contributed by atoms with Crippen LogP contribution in [-0.4, -0.2) is 41.8 Å². The van der Waals surface area contributed by atoms with E-state index in [4.69, 9.17) is 0 Å². The summed E-state index contributed by atoms with van der Waals surface area (Å²) in [5.41, 5.74) is 1.33. The largest absolute Gasteiger partial charge is 0.322 e. The topological polar surface area (TPSA) is 103 Å². The number of nitrogens with one attached hydrogen (secondary N) is 3. The van der Waals surface area contributed by atoms with Crippen molar-refractivity contribution in [2.24, 2.45) is 0 Å². The van der Waals surface area contributed by atoms with Crippen LogP contribution in [0.2, 0.25) is 0 Å². The van der Waals surface area contributed by atoms with E-state index < -0.39 is 29.7 Å². The van der Waals surface area contributed by atoms with Gasteiger partial charge in [-0.3, -0.25) is 19.3 Å². The van der Waals surface area contributed by atoms with E-state index in [0.29, 0.717) is 21.4 Å². The van der Waals surface area contributed by atoms with Crippen LogP contribution in [0, 0.1) is 5.82 Å². The van der Waals surface area contributed by atoms with Crippen molar-refractivity contribution in [1.82, 2.24) is 15.6 Å². The second-order valence-corrected chi connectivity index (χ2v) is 8.78. The number of benzene rings is 1. The highest BCUT2D eigenvalue weighted by molar-refractivity contribution is 9.10. The van der Waals surface area contributed by atoms with Crippen molar-refractivity contribution in [3.05, 3.63) is 63.7 Å². The van der Waals surface area contributed by atoms with Gasteiger partial charge in [-0.05, 0) is 63.2 Å². The van der Waals surface area contributed by atoms with Crippen LogP contribution in [0.4, 0.5) is 15.9 Å². The normalized spacial score (nSPS) is 15.5. The second-order valence-electron chi connectivity index (χ2n) is 7.87. The Labute approximate surface area is 199 Å². The first kappa shape index (κ1) is 24.5. The zero-order valence-corrected chi connectivity index (χ0v) is 20.3. The number of allylic oxidation sites excluding steroid dienone is 1. The monoisotopic (exact) mass is 517 g/mol. The van der Waals surface area contributed by atoms with E-state index >= 15 is 0 Å². The summed E-state index contributed by atoms with van der Waals surface area (Å²) in [5, 5.41) is 8.05. The van der Waals surface area contributed by atoms with Crippen molar-refractivity contribution in [3.8, 4) is 0 Å². The van der Waals surface area contributed by atoms with Crippen molar-refractivity contribution in [3.63, 3.8) is 0 Å². The Balaban J connectivity index is 1.94. The van der Waals surface area contributed by atoms with Gasteiger partial charge in [0.15, 0.2) is 0 Å². The number of rotatable bonds is 6. The molecular weight excluding hydrogens is 493 g/mol. The SMILES string of the molecule is CN[C@@H](C)C(=O)NC(C(=O)N1c2ncccc2C[C@H]1C(=O)Nc1ccc(Br)cc1F)=C(C)C.